The van der Waals surface area contributed by atoms with Gasteiger partial charge in [0.1, 0.15) is 12.4 Å². The molecular weight excluding hydrogens is 445 g/mol. The summed E-state index contributed by atoms with van der Waals surface area (Å²) in [6.07, 6.45) is 0. The molecule has 29 heavy (non-hydrogen) atoms. The van der Waals surface area contributed by atoms with Crippen molar-refractivity contribution >= 4 is 27.5 Å². The molecule has 1 N–H and O–H groups in total. The van der Waals surface area contributed by atoms with Gasteiger partial charge < -0.3 is 14.8 Å². The minimum absolute atomic E-state index is 0.0160. The Morgan fingerprint density at radius 3 is 2.55 bits per heavy atom. The number of halogens is 2. The van der Waals surface area contributed by atoms with E-state index in [1.54, 1.807) is 30.3 Å². The van der Waals surface area contributed by atoms with Gasteiger partial charge in [0, 0.05) is 16.1 Å². The Labute approximate surface area is 174 Å². The molecule has 1 heterocycles. The number of amides is 1. The maximum atomic E-state index is 13.9. The van der Waals surface area contributed by atoms with Gasteiger partial charge >= 0.3 is 0 Å². The molecule has 0 unspecified atom stereocenters. The van der Waals surface area contributed by atoms with Crippen LogP contribution in [0.4, 0.5) is 10.1 Å². The predicted octanol–water partition coefficient (Wildman–Crippen LogP) is 3.47. The molecule has 0 saturated heterocycles. The Bertz CT molecular complexity index is 1120. The summed E-state index contributed by atoms with van der Waals surface area (Å²) >= 11 is 3.15. The molecule has 0 aliphatic heterocycles. The van der Waals surface area contributed by atoms with Crippen LogP contribution in [0.1, 0.15) is 0 Å². The number of carbonyl (C=O) groups excluding carboxylic acids is 1. The SMILES string of the molecule is COc1ccc(-c2ccc(=O)n(CC(=O)Nc3ccc(Br)cc3F)n2)cc1OC. The van der Waals surface area contributed by atoms with E-state index in [1.165, 1.54) is 32.4 Å². The third kappa shape index (κ3) is 4.80. The van der Waals surface area contributed by atoms with E-state index < -0.39 is 17.3 Å². The summed E-state index contributed by atoms with van der Waals surface area (Å²) in [5, 5.41) is 6.67. The number of hydrogen-bond donors (Lipinski definition) is 1. The van der Waals surface area contributed by atoms with Crippen molar-refractivity contribution in [3.05, 3.63) is 69.2 Å². The van der Waals surface area contributed by atoms with E-state index in [9.17, 15) is 14.0 Å². The van der Waals surface area contributed by atoms with Gasteiger partial charge in [0.15, 0.2) is 11.5 Å². The van der Waals surface area contributed by atoms with Crippen LogP contribution in [-0.2, 0) is 11.3 Å². The highest BCUT2D eigenvalue weighted by molar-refractivity contribution is 9.10. The Balaban J connectivity index is 1.84. The fourth-order valence-electron chi connectivity index (χ4n) is 2.63. The number of aromatic nitrogens is 2. The van der Waals surface area contributed by atoms with E-state index in [2.05, 4.69) is 26.3 Å². The topological polar surface area (TPSA) is 82.5 Å². The van der Waals surface area contributed by atoms with Gasteiger partial charge in [-0.05, 0) is 42.5 Å². The second-order valence-electron chi connectivity index (χ2n) is 5.96. The fourth-order valence-corrected chi connectivity index (χ4v) is 2.96. The van der Waals surface area contributed by atoms with Gasteiger partial charge in [-0.15, -0.1) is 0 Å². The molecule has 0 saturated carbocycles. The van der Waals surface area contributed by atoms with Gasteiger partial charge in [0.25, 0.3) is 5.56 Å². The second-order valence-corrected chi connectivity index (χ2v) is 6.87. The van der Waals surface area contributed by atoms with Crippen LogP contribution >= 0.6 is 15.9 Å². The zero-order valence-corrected chi connectivity index (χ0v) is 17.2. The van der Waals surface area contributed by atoms with E-state index in [1.807, 2.05) is 0 Å². The summed E-state index contributed by atoms with van der Waals surface area (Å²) in [6, 6.07) is 12.3. The summed E-state index contributed by atoms with van der Waals surface area (Å²) in [6.45, 7) is -0.366. The minimum atomic E-state index is -0.591. The summed E-state index contributed by atoms with van der Waals surface area (Å²) < 4.78 is 25.9. The van der Waals surface area contributed by atoms with Crippen LogP contribution < -0.4 is 20.3 Å². The average molecular weight is 462 g/mol. The van der Waals surface area contributed by atoms with E-state index in [-0.39, 0.29) is 12.2 Å². The molecule has 1 aromatic heterocycles. The van der Waals surface area contributed by atoms with E-state index in [4.69, 9.17) is 9.47 Å². The van der Waals surface area contributed by atoms with Gasteiger partial charge in [-0.3, -0.25) is 9.59 Å². The fraction of sp³-hybridized carbons (Fsp3) is 0.150. The number of carbonyl (C=O) groups is 1. The number of nitrogens with one attached hydrogen (secondary N) is 1. The Morgan fingerprint density at radius 2 is 1.86 bits per heavy atom. The lowest BCUT2D eigenvalue weighted by molar-refractivity contribution is -0.117. The monoisotopic (exact) mass is 461 g/mol. The van der Waals surface area contributed by atoms with Crippen molar-refractivity contribution in [2.45, 2.75) is 6.54 Å². The lowest BCUT2D eigenvalue weighted by Crippen LogP contribution is -2.29. The molecule has 0 aliphatic carbocycles. The van der Waals surface area contributed by atoms with Crippen molar-refractivity contribution in [2.75, 3.05) is 19.5 Å². The summed E-state index contributed by atoms with van der Waals surface area (Å²) in [5.41, 5.74) is 0.701. The molecule has 7 nitrogen and oxygen atoms in total. The van der Waals surface area contributed by atoms with Crippen LogP contribution in [0.15, 0.2) is 57.8 Å². The van der Waals surface area contributed by atoms with Crippen LogP contribution in [0.25, 0.3) is 11.3 Å². The van der Waals surface area contributed by atoms with Crippen molar-refractivity contribution in [3.8, 4) is 22.8 Å². The lowest BCUT2D eigenvalue weighted by atomic mass is 10.1. The highest BCUT2D eigenvalue weighted by atomic mass is 79.9. The number of rotatable bonds is 6. The molecule has 3 aromatic rings. The Morgan fingerprint density at radius 1 is 1.10 bits per heavy atom. The molecule has 0 atom stereocenters. The van der Waals surface area contributed by atoms with Crippen LogP contribution in [0.3, 0.4) is 0 Å². The molecule has 150 valence electrons. The number of hydrogen-bond acceptors (Lipinski definition) is 5. The van der Waals surface area contributed by atoms with E-state index >= 15 is 0 Å². The third-order valence-electron chi connectivity index (χ3n) is 4.04. The number of nitrogens with zero attached hydrogens (tertiary/aromatic N) is 2. The van der Waals surface area contributed by atoms with Gasteiger partial charge in [-0.1, -0.05) is 15.9 Å². The standard InChI is InChI=1S/C20H17BrFN3O4/c1-28-17-7-3-12(9-18(17)29-2)15-6-8-20(27)25(24-15)11-19(26)23-16-5-4-13(21)10-14(16)22/h3-10H,11H2,1-2H3,(H,23,26). The van der Waals surface area contributed by atoms with Crippen molar-refractivity contribution in [2.24, 2.45) is 0 Å². The van der Waals surface area contributed by atoms with Crippen molar-refractivity contribution < 1.29 is 18.7 Å². The molecular formula is C20H17BrFN3O4. The van der Waals surface area contributed by atoms with E-state index in [0.717, 1.165) is 4.68 Å². The lowest BCUT2D eigenvalue weighted by Gasteiger charge is -2.11. The van der Waals surface area contributed by atoms with Gasteiger partial charge in [0.2, 0.25) is 5.91 Å². The molecule has 9 heteroatoms. The number of anilines is 1. The normalized spacial score (nSPS) is 10.5. The Hall–Kier alpha value is -3.20. The van der Waals surface area contributed by atoms with Gasteiger partial charge in [0.05, 0.1) is 25.6 Å². The zero-order valence-electron chi connectivity index (χ0n) is 15.6. The smallest absolute Gasteiger partial charge is 0.267 e. The molecule has 2 aromatic carbocycles. The van der Waals surface area contributed by atoms with Crippen LogP contribution in [0.2, 0.25) is 0 Å². The molecule has 0 spiro atoms. The second kappa shape index (κ2) is 8.87. The summed E-state index contributed by atoms with van der Waals surface area (Å²) in [7, 11) is 3.05. The highest BCUT2D eigenvalue weighted by Gasteiger charge is 2.12. The van der Waals surface area contributed by atoms with Gasteiger partial charge in [-0.2, -0.15) is 5.10 Å². The molecule has 1 amide bonds. The van der Waals surface area contributed by atoms with Crippen LogP contribution in [-0.4, -0.2) is 29.9 Å². The maximum Gasteiger partial charge on any atom is 0.267 e. The van der Waals surface area contributed by atoms with E-state index in [0.29, 0.717) is 27.2 Å². The van der Waals surface area contributed by atoms with Crippen molar-refractivity contribution in [1.82, 2.24) is 9.78 Å². The number of methoxy groups -OCH3 is 2. The summed E-state index contributed by atoms with van der Waals surface area (Å²) in [4.78, 5) is 24.4. The first-order chi connectivity index (χ1) is 13.9. The number of ether oxygens (including phenoxy) is 2. The first kappa shape index (κ1) is 20.5. The molecule has 0 aliphatic rings. The maximum absolute atomic E-state index is 13.9. The quantitative estimate of drug-likeness (QED) is 0.607. The van der Waals surface area contributed by atoms with Crippen LogP contribution in [0.5, 0.6) is 11.5 Å². The zero-order chi connectivity index (χ0) is 21.0. The van der Waals surface area contributed by atoms with Crippen LogP contribution in [0, 0.1) is 5.82 Å². The van der Waals surface area contributed by atoms with Crippen molar-refractivity contribution in [3.63, 3.8) is 0 Å². The third-order valence-corrected chi connectivity index (χ3v) is 4.54. The first-order valence-corrected chi connectivity index (χ1v) is 9.26. The average Bonchev–Trinajstić information content (AvgIpc) is 2.71. The molecule has 0 radical (unpaired) electrons. The van der Waals surface area contributed by atoms with Gasteiger partial charge in [-0.25, -0.2) is 9.07 Å². The number of benzene rings is 2. The van der Waals surface area contributed by atoms with Crippen molar-refractivity contribution in [1.29, 1.82) is 0 Å². The Kier molecular flexibility index (Phi) is 6.28. The highest BCUT2D eigenvalue weighted by Crippen LogP contribution is 2.31. The predicted molar refractivity (Wildman–Crippen MR) is 110 cm³/mol. The largest absolute Gasteiger partial charge is 0.493 e. The summed E-state index contributed by atoms with van der Waals surface area (Å²) in [5.74, 6) is -0.106. The molecule has 0 fully saturated rings. The molecule has 0 bridgehead atoms. The first-order valence-electron chi connectivity index (χ1n) is 8.46. The molecule has 3 rings (SSSR count). The minimum Gasteiger partial charge on any atom is -0.493 e.